The quantitative estimate of drug-likeness (QED) is 0.274. The van der Waals surface area contributed by atoms with Gasteiger partial charge < -0.3 is 14.7 Å². The van der Waals surface area contributed by atoms with Gasteiger partial charge in [0.05, 0.1) is 6.54 Å². The van der Waals surface area contributed by atoms with Crippen molar-refractivity contribution in [3.8, 4) is 11.5 Å². The number of aliphatic hydroxyl groups excluding tert-OH is 1. The van der Waals surface area contributed by atoms with Crippen LogP contribution in [-0.2, 0) is 12.5 Å². The van der Waals surface area contributed by atoms with Crippen molar-refractivity contribution in [2.24, 2.45) is 0 Å². The lowest BCUT2D eigenvalue weighted by molar-refractivity contribution is -0.289. The number of alkyl halides is 8. The molecule has 3 aromatic carbocycles. The average molecular weight is 547 g/mol. The van der Waals surface area contributed by atoms with Crippen LogP contribution in [0.15, 0.2) is 72.8 Å². The van der Waals surface area contributed by atoms with Gasteiger partial charge in [-0.3, -0.25) is 0 Å². The molecule has 38 heavy (non-hydrogen) atoms. The monoisotopic (exact) mass is 547 g/mol. The van der Waals surface area contributed by atoms with E-state index in [1.165, 1.54) is 24.3 Å². The molecule has 3 rings (SSSR count). The Kier molecular flexibility index (Phi) is 8.60. The van der Waals surface area contributed by atoms with Gasteiger partial charge in [-0.2, -0.15) is 35.1 Å². The van der Waals surface area contributed by atoms with Crippen LogP contribution < -0.4 is 9.64 Å². The standard InChI is InChI=1S/C27H25F8NO2/c1-17(2)19-7-4-10-22(13-19)38-23-11-5-9-21(14-23)36(16-24(37)26(30,31)32)15-18-6-3-8-20(12-18)25(28,29)27(33,34)35/h3-14,17,24,37H,15-16H2,1-2H3. The minimum absolute atomic E-state index is 0.114. The summed E-state index contributed by atoms with van der Waals surface area (Å²) in [7, 11) is 0. The largest absolute Gasteiger partial charge is 0.458 e. The molecule has 0 radical (unpaired) electrons. The fourth-order valence-corrected chi connectivity index (χ4v) is 3.64. The van der Waals surface area contributed by atoms with Gasteiger partial charge in [0, 0.05) is 23.9 Å². The van der Waals surface area contributed by atoms with Crippen molar-refractivity contribution in [3.05, 3.63) is 89.5 Å². The van der Waals surface area contributed by atoms with E-state index in [1.807, 2.05) is 19.9 Å². The van der Waals surface area contributed by atoms with Crippen molar-refractivity contribution in [1.82, 2.24) is 0 Å². The van der Waals surface area contributed by atoms with E-state index in [-0.39, 0.29) is 22.9 Å². The molecule has 0 bridgehead atoms. The van der Waals surface area contributed by atoms with Gasteiger partial charge in [0.15, 0.2) is 6.10 Å². The van der Waals surface area contributed by atoms with Crippen LogP contribution >= 0.6 is 0 Å². The summed E-state index contributed by atoms with van der Waals surface area (Å²) in [5, 5.41) is 9.71. The molecule has 0 aliphatic heterocycles. The third-order valence-electron chi connectivity index (χ3n) is 5.73. The van der Waals surface area contributed by atoms with E-state index in [0.29, 0.717) is 17.9 Å². The molecule has 0 amide bonds. The first-order valence-electron chi connectivity index (χ1n) is 11.5. The molecule has 0 aliphatic carbocycles. The molecule has 0 spiro atoms. The van der Waals surface area contributed by atoms with Crippen LogP contribution in [0.3, 0.4) is 0 Å². The fraction of sp³-hybridized carbons (Fsp3) is 0.333. The number of benzene rings is 3. The molecule has 0 fully saturated rings. The molecule has 0 aromatic heterocycles. The SMILES string of the molecule is CC(C)c1cccc(Oc2cccc(N(Cc3cccc(C(F)(F)C(F)(F)F)c3)CC(O)C(F)(F)F)c2)c1. The summed E-state index contributed by atoms with van der Waals surface area (Å²) < 4.78 is 112. The third kappa shape index (κ3) is 7.15. The summed E-state index contributed by atoms with van der Waals surface area (Å²) in [6.45, 7) is 2.48. The molecular weight excluding hydrogens is 522 g/mol. The Labute approximate surface area is 214 Å². The van der Waals surface area contributed by atoms with Gasteiger partial charge in [-0.05, 0) is 47.4 Å². The van der Waals surface area contributed by atoms with Gasteiger partial charge in [0.25, 0.3) is 0 Å². The Morgan fingerprint density at radius 2 is 1.39 bits per heavy atom. The van der Waals surface area contributed by atoms with Crippen LogP contribution in [-0.4, -0.2) is 30.1 Å². The van der Waals surface area contributed by atoms with Gasteiger partial charge in [-0.15, -0.1) is 0 Å². The number of ether oxygens (including phenoxy) is 1. The van der Waals surface area contributed by atoms with Crippen molar-refractivity contribution in [2.75, 3.05) is 11.4 Å². The number of nitrogens with zero attached hydrogens (tertiary/aromatic N) is 1. The second-order valence-corrected chi connectivity index (χ2v) is 9.04. The maximum atomic E-state index is 13.9. The van der Waals surface area contributed by atoms with Crippen molar-refractivity contribution in [1.29, 1.82) is 0 Å². The summed E-state index contributed by atoms with van der Waals surface area (Å²) in [6.07, 6.45) is -13.7. The van der Waals surface area contributed by atoms with Crippen LogP contribution in [0.5, 0.6) is 11.5 Å². The molecule has 1 N–H and O–H groups in total. The van der Waals surface area contributed by atoms with Crippen LogP contribution in [0.2, 0.25) is 0 Å². The van der Waals surface area contributed by atoms with E-state index in [0.717, 1.165) is 16.5 Å². The normalized spacial score (nSPS) is 13.5. The highest BCUT2D eigenvalue weighted by molar-refractivity contribution is 5.52. The summed E-state index contributed by atoms with van der Waals surface area (Å²) in [5.41, 5.74) is -0.347. The van der Waals surface area contributed by atoms with Crippen molar-refractivity contribution in [2.45, 2.75) is 50.7 Å². The molecule has 3 aromatic rings. The van der Waals surface area contributed by atoms with E-state index in [1.54, 1.807) is 24.3 Å². The lowest BCUT2D eigenvalue weighted by Gasteiger charge is -2.29. The fourth-order valence-electron chi connectivity index (χ4n) is 3.64. The Morgan fingerprint density at radius 3 is 2.00 bits per heavy atom. The summed E-state index contributed by atoms with van der Waals surface area (Å²) in [5.74, 6) is -4.23. The minimum atomic E-state index is -5.85. The smallest absolute Gasteiger partial charge is 0.457 e. The lowest BCUT2D eigenvalue weighted by atomic mass is 10.0. The minimum Gasteiger partial charge on any atom is -0.457 e. The highest BCUT2D eigenvalue weighted by Gasteiger charge is 2.58. The summed E-state index contributed by atoms with van der Waals surface area (Å²) >= 11 is 0. The van der Waals surface area contributed by atoms with E-state index >= 15 is 0 Å². The molecule has 0 saturated heterocycles. The third-order valence-corrected chi connectivity index (χ3v) is 5.73. The highest BCUT2D eigenvalue weighted by Crippen LogP contribution is 2.44. The number of hydrogen-bond acceptors (Lipinski definition) is 3. The molecule has 11 heteroatoms. The molecule has 1 atom stereocenters. The number of anilines is 1. The zero-order chi connectivity index (χ0) is 28.3. The van der Waals surface area contributed by atoms with Gasteiger partial charge in [-0.25, -0.2) is 0 Å². The van der Waals surface area contributed by atoms with E-state index < -0.39 is 43.0 Å². The van der Waals surface area contributed by atoms with Gasteiger partial charge in [-0.1, -0.05) is 50.2 Å². The summed E-state index contributed by atoms with van der Waals surface area (Å²) in [4.78, 5) is 1.03. The first kappa shape index (κ1) is 29.2. The van der Waals surface area contributed by atoms with Gasteiger partial charge in [0.2, 0.25) is 0 Å². The predicted molar refractivity (Wildman–Crippen MR) is 127 cm³/mol. The Bertz CT molecular complexity index is 1220. The summed E-state index contributed by atoms with van der Waals surface area (Å²) in [6, 6.07) is 16.4. The number of halogens is 8. The van der Waals surface area contributed by atoms with Crippen LogP contribution in [0, 0.1) is 0 Å². The van der Waals surface area contributed by atoms with Gasteiger partial charge in [0.1, 0.15) is 11.5 Å². The van der Waals surface area contributed by atoms with Crippen molar-refractivity contribution < 1.29 is 45.0 Å². The second-order valence-electron chi connectivity index (χ2n) is 9.04. The Balaban J connectivity index is 1.94. The molecule has 0 aliphatic rings. The molecule has 206 valence electrons. The molecular formula is C27H25F8NO2. The van der Waals surface area contributed by atoms with Crippen LogP contribution in [0.4, 0.5) is 40.8 Å². The van der Waals surface area contributed by atoms with Crippen molar-refractivity contribution in [3.63, 3.8) is 0 Å². The van der Waals surface area contributed by atoms with E-state index in [9.17, 15) is 40.2 Å². The Hall–Kier alpha value is -3.34. The van der Waals surface area contributed by atoms with E-state index in [4.69, 9.17) is 4.74 Å². The van der Waals surface area contributed by atoms with Gasteiger partial charge >= 0.3 is 18.3 Å². The van der Waals surface area contributed by atoms with E-state index in [2.05, 4.69) is 0 Å². The zero-order valence-electron chi connectivity index (χ0n) is 20.3. The Morgan fingerprint density at radius 1 is 0.789 bits per heavy atom. The molecule has 0 saturated carbocycles. The lowest BCUT2D eigenvalue weighted by Crippen LogP contribution is -2.41. The van der Waals surface area contributed by atoms with Crippen LogP contribution in [0.1, 0.15) is 36.5 Å². The number of aliphatic hydroxyl groups is 1. The second kappa shape index (κ2) is 11.2. The molecule has 1 unspecified atom stereocenters. The molecule has 0 heterocycles. The maximum Gasteiger partial charge on any atom is 0.458 e. The van der Waals surface area contributed by atoms with Crippen molar-refractivity contribution >= 4 is 5.69 Å². The zero-order valence-corrected chi connectivity index (χ0v) is 20.3. The molecule has 3 nitrogen and oxygen atoms in total. The average Bonchev–Trinajstić information content (AvgIpc) is 2.83. The highest BCUT2D eigenvalue weighted by atomic mass is 19.4. The van der Waals surface area contributed by atoms with Crippen LogP contribution in [0.25, 0.3) is 0 Å². The predicted octanol–water partition coefficient (Wildman–Crippen LogP) is 8.19. The first-order valence-corrected chi connectivity index (χ1v) is 11.5. The number of hydrogen-bond donors (Lipinski definition) is 1. The number of rotatable bonds is 9. The maximum absolute atomic E-state index is 13.9. The topological polar surface area (TPSA) is 32.7 Å². The first-order chi connectivity index (χ1) is 17.6.